The van der Waals surface area contributed by atoms with Gasteiger partial charge in [0.1, 0.15) is 28.4 Å². The van der Waals surface area contributed by atoms with Crippen LogP contribution in [0.15, 0.2) is 23.1 Å². The Hall–Kier alpha value is -2.67. The first-order chi connectivity index (χ1) is 16.0. The Morgan fingerprint density at radius 1 is 1.11 bits per heavy atom. The number of ketones is 1. The van der Waals surface area contributed by atoms with Gasteiger partial charge in [0.15, 0.2) is 15.6 Å². The number of hydrogen-bond acceptors (Lipinski definition) is 6. The third-order valence-corrected chi connectivity index (χ3v) is 7.50. The molecule has 9 heteroatoms. The predicted octanol–water partition coefficient (Wildman–Crippen LogP) is 4.39. The van der Waals surface area contributed by atoms with E-state index in [-0.39, 0.29) is 34.1 Å². The van der Waals surface area contributed by atoms with Crippen molar-refractivity contribution in [2.24, 2.45) is 0 Å². The monoisotopic (exact) mass is 507 g/mol. The number of sulfone groups is 1. The van der Waals surface area contributed by atoms with E-state index in [4.69, 9.17) is 0 Å². The Morgan fingerprint density at radius 3 is 2.17 bits per heavy atom. The van der Waals surface area contributed by atoms with E-state index in [1.54, 1.807) is 13.8 Å². The number of nitrogens with zero attached hydrogens (tertiary/aromatic N) is 1. The van der Waals surface area contributed by atoms with Crippen LogP contribution in [0.4, 0.5) is 8.78 Å². The summed E-state index contributed by atoms with van der Waals surface area (Å²) in [5.41, 5.74) is -0.547. The molecule has 2 aromatic rings. The molecule has 190 valence electrons. The van der Waals surface area contributed by atoms with Crippen molar-refractivity contribution in [3.8, 4) is 6.07 Å². The van der Waals surface area contributed by atoms with E-state index in [2.05, 4.69) is 0 Å². The molecule has 0 amide bonds. The van der Waals surface area contributed by atoms with E-state index in [9.17, 15) is 33.1 Å². The highest BCUT2D eigenvalue weighted by Gasteiger charge is 2.30. The summed E-state index contributed by atoms with van der Waals surface area (Å²) < 4.78 is 55.7. The molecule has 0 bridgehead atoms. The normalized spacial score (nSPS) is 12.3. The Bertz CT molecular complexity index is 1290. The Kier molecular flexibility index (Phi) is 8.59. The minimum atomic E-state index is -4.46. The molecule has 0 aromatic heterocycles. The number of hydrogen-bond donors (Lipinski definition) is 2. The molecule has 0 heterocycles. The first-order valence-electron chi connectivity index (χ1n) is 11.2. The van der Waals surface area contributed by atoms with Gasteiger partial charge >= 0.3 is 0 Å². The summed E-state index contributed by atoms with van der Waals surface area (Å²) in [4.78, 5) is 12.2. The third kappa shape index (κ3) is 6.13. The van der Waals surface area contributed by atoms with Crippen molar-refractivity contribution in [2.75, 3.05) is 5.75 Å². The zero-order valence-electron chi connectivity index (χ0n) is 20.7. The molecule has 0 aliphatic rings. The first kappa shape index (κ1) is 28.6. The lowest BCUT2D eigenvalue weighted by molar-refractivity contribution is -0.116. The molecular weight excluding hydrogens is 476 g/mol. The molecule has 0 fully saturated rings. The van der Waals surface area contributed by atoms with Gasteiger partial charge in [0.2, 0.25) is 0 Å². The average Bonchev–Trinajstić information content (AvgIpc) is 2.71. The van der Waals surface area contributed by atoms with Crippen molar-refractivity contribution in [3.63, 3.8) is 0 Å². The highest BCUT2D eigenvalue weighted by Crippen LogP contribution is 2.33. The van der Waals surface area contributed by atoms with E-state index in [0.717, 1.165) is 12.1 Å². The molecule has 35 heavy (non-hydrogen) atoms. The van der Waals surface area contributed by atoms with Crippen LogP contribution in [0.2, 0.25) is 0 Å². The topological polar surface area (TPSA) is 115 Å². The number of nitriles is 1. The van der Waals surface area contributed by atoms with Gasteiger partial charge in [0, 0.05) is 6.42 Å². The zero-order chi connectivity index (χ0) is 26.9. The Balaban J connectivity index is 2.52. The van der Waals surface area contributed by atoms with E-state index >= 15 is 4.39 Å². The van der Waals surface area contributed by atoms with Crippen LogP contribution >= 0.6 is 0 Å². The number of benzene rings is 2. The number of halogens is 2. The fourth-order valence-electron chi connectivity index (χ4n) is 4.21. The summed E-state index contributed by atoms with van der Waals surface area (Å²) in [5, 5.41) is 29.1. The predicted molar refractivity (Wildman–Crippen MR) is 128 cm³/mol. The van der Waals surface area contributed by atoms with Crippen molar-refractivity contribution in [1.29, 1.82) is 5.26 Å². The number of Topliss-reactive ketones (excluding diaryl/α,β-unsaturated/α-hetero) is 1. The van der Waals surface area contributed by atoms with Gasteiger partial charge in [-0.2, -0.15) is 5.26 Å². The minimum absolute atomic E-state index is 0.0169. The van der Waals surface area contributed by atoms with Crippen LogP contribution in [-0.2, 0) is 33.3 Å². The lowest BCUT2D eigenvalue weighted by Crippen LogP contribution is -2.23. The van der Waals surface area contributed by atoms with Crippen molar-refractivity contribution in [2.45, 2.75) is 76.9 Å². The smallest absolute Gasteiger partial charge is 0.188 e. The SMILES string of the molecule is CC(C)c1cc(C#N)c(F)c(C(C)C)c1CC(=O)CS(=O)(=O)c1cc(CO)c(C(C)(C)O)cc1F. The van der Waals surface area contributed by atoms with Gasteiger partial charge in [0.05, 0.1) is 17.8 Å². The molecule has 0 aliphatic heterocycles. The summed E-state index contributed by atoms with van der Waals surface area (Å²) in [6.45, 7) is 9.16. The van der Waals surface area contributed by atoms with Crippen molar-refractivity contribution < 1.29 is 32.2 Å². The molecule has 0 spiro atoms. The molecular formula is C26H31F2NO5S. The molecule has 2 rings (SSSR count). The average molecular weight is 508 g/mol. The number of aliphatic hydroxyl groups excluding tert-OH is 1. The molecule has 2 aromatic carbocycles. The van der Waals surface area contributed by atoms with Crippen molar-refractivity contribution in [3.05, 3.63) is 63.2 Å². The van der Waals surface area contributed by atoms with E-state index in [1.807, 2.05) is 19.9 Å². The minimum Gasteiger partial charge on any atom is -0.392 e. The second kappa shape index (κ2) is 10.5. The van der Waals surface area contributed by atoms with Crippen molar-refractivity contribution in [1.82, 2.24) is 0 Å². The van der Waals surface area contributed by atoms with E-state index in [1.165, 1.54) is 19.9 Å². The van der Waals surface area contributed by atoms with Gasteiger partial charge in [-0.1, -0.05) is 27.7 Å². The quantitative estimate of drug-likeness (QED) is 0.520. The van der Waals surface area contributed by atoms with E-state index in [0.29, 0.717) is 11.1 Å². The zero-order valence-corrected chi connectivity index (χ0v) is 21.6. The maximum atomic E-state index is 15.0. The van der Waals surface area contributed by atoms with Crippen LogP contribution in [-0.4, -0.2) is 30.2 Å². The maximum Gasteiger partial charge on any atom is 0.188 e. The molecule has 2 N–H and O–H groups in total. The van der Waals surface area contributed by atoms with Crippen LogP contribution < -0.4 is 0 Å². The van der Waals surface area contributed by atoms with Gasteiger partial charge in [0.25, 0.3) is 0 Å². The van der Waals surface area contributed by atoms with Crippen LogP contribution in [0.3, 0.4) is 0 Å². The molecule has 0 aliphatic carbocycles. The molecule has 6 nitrogen and oxygen atoms in total. The van der Waals surface area contributed by atoms with Crippen LogP contribution in [0, 0.1) is 23.0 Å². The van der Waals surface area contributed by atoms with Gasteiger partial charge < -0.3 is 10.2 Å². The van der Waals surface area contributed by atoms with Crippen LogP contribution in [0.5, 0.6) is 0 Å². The van der Waals surface area contributed by atoms with Gasteiger partial charge in [-0.15, -0.1) is 0 Å². The Morgan fingerprint density at radius 2 is 1.71 bits per heavy atom. The van der Waals surface area contributed by atoms with Crippen LogP contribution in [0.1, 0.15) is 86.8 Å². The van der Waals surface area contributed by atoms with Gasteiger partial charge in [-0.05, 0) is 71.7 Å². The summed E-state index contributed by atoms with van der Waals surface area (Å²) in [5.74, 6) is -4.24. The highest BCUT2D eigenvalue weighted by atomic mass is 32.2. The maximum absolute atomic E-state index is 15.0. The first-order valence-corrected chi connectivity index (χ1v) is 12.9. The number of carbonyl (C=O) groups excluding carboxylic acids is 1. The molecule has 0 radical (unpaired) electrons. The van der Waals surface area contributed by atoms with Crippen LogP contribution in [0.25, 0.3) is 0 Å². The summed E-state index contributed by atoms with van der Waals surface area (Å²) >= 11 is 0. The lowest BCUT2D eigenvalue weighted by atomic mass is 9.84. The lowest BCUT2D eigenvalue weighted by Gasteiger charge is -2.22. The standard InChI is InChI=1S/C26H31F2NO5S/c1-14(2)19-7-16(11-29)25(28)24(15(3)4)20(19)9-18(31)13-35(33,34)23-8-17(12-30)21(10-22(23)27)26(5,6)32/h7-8,10,14-15,30,32H,9,12-13H2,1-6H3. The summed E-state index contributed by atoms with van der Waals surface area (Å²) in [7, 11) is -4.46. The molecule has 0 unspecified atom stereocenters. The summed E-state index contributed by atoms with van der Waals surface area (Å²) in [6.07, 6.45) is -0.404. The van der Waals surface area contributed by atoms with Gasteiger partial charge in [-0.3, -0.25) is 4.79 Å². The number of aliphatic hydroxyl groups is 2. The fraction of sp³-hybridized carbons (Fsp3) is 0.462. The number of rotatable bonds is 9. The van der Waals surface area contributed by atoms with E-state index < -0.39 is 56.5 Å². The molecule has 0 saturated carbocycles. The molecule has 0 saturated heterocycles. The second-order valence-electron chi connectivity index (χ2n) is 9.77. The van der Waals surface area contributed by atoms with Crippen molar-refractivity contribution >= 4 is 15.6 Å². The molecule has 0 atom stereocenters. The summed E-state index contributed by atoms with van der Waals surface area (Å²) in [6, 6.07) is 4.97. The Labute approximate surface area is 205 Å². The second-order valence-corrected chi connectivity index (χ2v) is 11.7. The largest absolute Gasteiger partial charge is 0.392 e. The fourth-order valence-corrected chi connectivity index (χ4v) is 5.57. The number of carbonyl (C=O) groups is 1. The third-order valence-electron chi connectivity index (χ3n) is 5.81. The van der Waals surface area contributed by atoms with Gasteiger partial charge in [-0.25, -0.2) is 17.2 Å². The highest BCUT2D eigenvalue weighted by molar-refractivity contribution is 7.92.